The monoisotopic (exact) mass is 429 g/mol. The van der Waals surface area contributed by atoms with Crippen LogP contribution in [-0.2, 0) is 11.3 Å². The number of nitrogens with one attached hydrogen (secondary N) is 1. The van der Waals surface area contributed by atoms with Crippen molar-refractivity contribution in [2.45, 2.75) is 44.8 Å². The number of anilines is 1. The summed E-state index contributed by atoms with van der Waals surface area (Å²) in [5.41, 5.74) is 2.66. The molecule has 164 valence electrons. The van der Waals surface area contributed by atoms with Crippen LogP contribution in [0.3, 0.4) is 0 Å². The molecule has 0 aromatic carbocycles. The molecule has 1 amide bonds. The van der Waals surface area contributed by atoms with E-state index >= 15 is 0 Å². The van der Waals surface area contributed by atoms with Crippen LogP contribution in [0.2, 0.25) is 0 Å². The summed E-state index contributed by atoms with van der Waals surface area (Å²) in [6.45, 7) is 4.68. The van der Waals surface area contributed by atoms with Gasteiger partial charge in [0.15, 0.2) is 5.65 Å². The number of hydrogen-bond acceptors (Lipinski definition) is 6. The second-order valence-corrected chi connectivity index (χ2v) is 8.51. The number of amides is 1. The molecule has 32 heavy (non-hydrogen) atoms. The van der Waals surface area contributed by atoms with Gasteiger partial charge >= 0.3 is 0 Å². The molecule has 3 aromatic heterocycles. The molecule has 8 heteroatoms. The minimum absolute atomic E-state index is 0.208. The molecular formula is C24H27N7O. The maximum Gasteiger partial charge on any atom is 0.223 e. The molecule has 8 nitrogen and oxygen atoms in total. The highest BCUT2D eigenvalue weighted by molar-refractivity contribution is 5.77. The van der Waals surface area contributed by atoms with Crippen LogP contribution in [-0.4, -0.2) is 62.1 Å². The third-order valence-electron chi connectivity index (χ3n) is 6.38. The molecule has 2 fully saturated rings. The Morgan fingerprint density at radius 1 is 1.22 bits per heavy atom. The molecule has 2 aliphatic rings. The molecule has 0 saturated carbocycles. The van der Waals surface area contributed by atoms with Gasteiger partial charge in [0.05, 0.1) is 5.69 Å². The van der Waals surface area contributed by atoms with E-state index in [9.17, 15) is 4.79 Å². The average molecular weight is 430 g/mol. The molecule has 0 radical (unpaired) electrons. The summed E-state index contributed by atoms with van der Waals surface area (Å²) in [4.78, 5) is 26.2. The Labute approximate surface area is 187 Å². The maximum absolute atomic E-state index is 12.9. The fraction of sp³-hybridized carbons (Fsp3) is 0.417. The zero-order valence-corrected chi connectivity index (χ0v) is 18.2. The first-order valence-electron chi connectivity index (χ1n) is 11.1. The summed E-state index contributed by atoms with van der Waals surface area (Å²) >= 11 is 0. The number of terminal acetylenes is 1. The molecule has 0 spiro atoms. The topological polar surface area (TPSA) is 78.7 Å². The predicted molar refractivity (Wildman–Crippen MR) is 122 cm³/mol. The molecule has 2 bridgehead atoms. The minimum Gasteiger partial charge on any atom is -0.347 e. The fourth-order valence-corrected chi connectivity index (χ4v) is 4.88. The Kier molecular flexibility index (Phi) is 5.50. The molecule has 1 N–H and O–H groups in total. The number of aromatic nitrogens is 4. The van der Waals surface area contributed by atoms with E-state index in [-0.39, 0.29) is 5.91 Å². The third-order valence-corrected chi connectivity index (χ3v) is 6.38. The number of hydrogen-bond donors (Lipinski definition) is 1. The van der Waals surface area contributed by atoms with E-state index in [0.29, 0.717) is 31.6 Å². The smallest absolute Gasteiger partial charge is 0.223 e. The normalized spacial score (nSPS) is 20.0. The van der Waals surface area contributed by atoms with Crippen molar-refractivity contribution in [3.05, 3.63) is 53.6 Å². The Bertz CT molecular complexity index is 1150. The van der Waals surface area contributed by atoms with Crippen LogP contribution < -0.4 is 10.2 Å². The first-order chi connectivity index (χ1) is 15.6. The predicted octanol–water partition coefficient (Wildman–Crippen LogP) is 1.77. The van der Waals surface area contributed by atoms with Gasteiger partial charge in [-0.15, -0.1) is 6.42 Å². The number of likely N-dealkylation sites (tertiary alicyclic amines) is 1. The average Bonchev–Trinajstić information content (AvgIpc) is 3.32. The zero-order valence-electron chi connectivity index (χ0n) is 18.2. The van der Waals surface area contributed by atoms with Gasteiger partial charge in [0, 0.05) is 56.4 Å². The van der Waals surface area contributed by atoms with Gasteiger partial charge < -0.3 is 15.1 Å². The number of nitrogens with zero attached hydrogens (tertiary/aromatic N) is 6. The second kappa shape index (κ2) is 8.60. The fourth-order valence-electron chi connectivity index (χ4n) is 4.88. The van der Waals surface area contributed by atoms with Crippen LogP contribution in [0, 0.1) is 19.3 Å². The van der Waals surface area contributed by atoms with Crippen molar-refractivity contribution in [3.8, 4) is 12.3 Å². The Morgan fingerprint density at radius 3 is 2.75 bits per heavy atom. The second-order valence-electron chi connectivity index (χ2n) is 8.51. The summed E-state index contributed by atoms with van der Waals surface area (Å²) < 4.78 is 1.85. The van der Waals surface area contributed by atoms with Crippen LogP contribution in [0.25, 0.3) is 5.65 Å². The van der Waals surface area contributed by atoms with Crippen molar-refractivity contribution in [2.75, 3.05) is 24.5 Å². The number of pyridine rings is 2. The zero-order chi connectivity index (χ0) is 22.1. The number of aryl methyl sites for hydroxylation is 1. The standard InChI is InChI=1S/C24H27N7O/c1-3-18-7-10-22(26-13-18)30-20-8-9-21(30)16-29(15-20)24(32)11-12-25-14-19-5-4-6-23-27-17(2)28-31(19)23/h1,4-7,10,13,20-21,25H,8-9,11-12,14-16H2,2H3. The summed E-state index contributed by atoms with van der Waals surface area (Å²) in [7, 11) is 0. The molecule has 5 rings (SSSR count). The lowest BCUT2D eigenvalue weighted by Crippen LogP contribution is -2.56. The number of piperazine rings is 1. The van der Waals surface area contributed by atoms with E-state index in [0.717, 1.165) is 54.5 Å². The SMILES string of the molecule is C#Cc1ccc(N2C3CCC2CN(C(=O)CCNCc2cccc4nc(C)nn24)C3)nc1. The summed E-state index contributed by atoms with van der Waals surface area (Å²) in [5.74, 6) is 4.54. The van der Waals surface area contributed by atoms with Crippen LogP contribution in [0.5, 0.6) is 0 Å². The summed E-state index contributed by atoms with van der Waals surface area (Å²) in [6.07, 6.45) is 9.86. The lowest BCUT2D eigenvalue weighted by atomic mass is 10.1. The molecule has 2 saturated heterocycles. The van der Waals surface area contributed by atoms with Gasteiger partial charge in [-0.1, -0.05) is 12.0 Å². The number of fused-ring (bicyclic) bond motifs is 3. The quantitative estimate of drug-likeness (QED) is 0.475. The van der Waals surface area contributed by atoms with Crippen molar-refractivity contribution in [1.82, 2.24) is 29.8 Å². The van der Waals surface area contributed by atoms with Crippen LogP contribution in [0.1, 0.15) is 36.3 Å². The van der Waals surface area contributed by atoms with E-state index in [2.05, 4.69) is 31.2 Å². The Hall–Kier alpha value is -3.44. The van der Waals surface area contributed by atoms with E-state index in [1.165, 1.54) is 0 Å². The number of carbonyl (C=O) groups excluding carboxylic acids is 1. The van der Waals surface area contributed by atoms with Crippen LogP contribution >= 0.6 is 0 Å². The highest BCUT2D eigenvalue weighted by Gasteiger charge is 2.41. The largest absolute Gasteiger partial charge is 0.347 e. The van der Waals surface area contributed by atoms with Gasteiger partial charge in [-0.3, -0.25) is 4.79 Å². The van der Waals surface area contributed by atoms with Gasteiger partial charge in [0.2, 0.25) is 5.91 Å². The summed E-state index contributed by atoms with van der Waals surface area (Å²) in [5, 5.41) is 7.82. The van der Waals surface area contributed by atoms with E-state index in [1.54, 1.807) is 6.20 Å². The van der Waals surface area contributed by atoms with Gasteiger partial charge in [-0.05, 0) is 44.0 Å². The van der Waals surface area contributed by atoms with Crippen LogP contribution in [0.4, 0.5) is 5.82 Å². The highest BCUT2D eigenvalue weighted by atomic mass is 16.2. The van der Waals surface area contributed by atoms with E-state index in [1.807, 2.05) is 46.7 Å². The van der Waals surface area contributed by atoms with E-state index < -0.39 is 0 Å². The molecule has 2 aliphatic heterocycles. The third kappa shape index (κ3) is 3.92. The molecule has 0 aliphatic carbocycles. The first kappa shape index (κ1) is 20.5. The first-order valence-corrected chi connectivity index (χ1v) is 11.1. The number of carbonyl (C=O) groups is 1. The summed E-state index contributed by atoms with van der Waals surface area (Å²) in [6, 6.07) is 10.5. The lowest BCUT2D eigenvalue weighted by Gasteiger charge is -2.41. The molecule has 3 aromatic rings. The molecule has 2 atom stereocenters. The maximum atomic E-state index is 12.9. The van der Waals surface area contributed by atoms with E-state index in [4.69, 9.17) is 6.42 Å². The van der Waals surface area contributed by atoms with Gasteiger partial charge in [0.1, 0.15) is 11.6 Å². The van der Waals surface area contributed by atoms with Gasteiger partial charge in [-0.2, -0.15) is 5.10 Å². The van der Waals surface area contributed by atoms with Gasteiger partial charge in [0.25, 0.3) is 0 Å². The van der Waals surface area contributed by atoms with Crippen molar-refractivity contribution in [3.63, 3.8) is 0 Å². The number of rotatable bonds is 6. The minimum atomic E-state index is 0.208. The van der Waals surface area contributed by atoms with Crippen molar-refractivity contribution in [1.29, 1.82) is 0 Å². The van der Waals surface area contributed by atoms with Crippen LogP contribution in [0.15, 0.2) is 36.5 Å². The Morgan fingerprint density at radius 2 is 2.03 bits per heavy atom. The Balaban J connectivity index is 1.14. The van der Waals surface area contributed by atoms with Crippen molar-refractivity contribution in [2.24, 2.45) is 0 Å². The lowest BCUT2D eigenvalue weighted by molar-refractivity contribution is -0.132. The molecular weight excluding hydrogens is 402 g/mol. The van der Waals surface area contributed by atoms with Crippen molar-refractivity contribution >= 4 is 17.4 Å². The highest BCUT2D eigenvalue weighted by Crippen LogP contribution is 2.34. The molecule has 2 unspecified atom stereocenters. The van der Waals surface area contributed by atoms with Crippen molar-refractivity contribution < 1.29 is 4.79 Å². The van der Waals surface area contributed by atoms with Gasteiger partial charge in [-0.25, -0.2) is 14.5 Å². The molecule has 5 heterocycles.